The zero-order valence-electron chi connectivity index (χ0n) is 9.20. The van der Waals surface area contributed by atoms with Gasteiger partial charge >= 0.3 is 0 Å². The molecular weight excluding hydrogens is 292 g/mol. The lowest BCUT2D eigenvalue weighted by molar-refractivity contribution is 0.562. The number of halogens is 1. The molecule has 3 N–H and O–H groups in total. The minimum Gasteiger partial charge on any atom is -0.329 e. The van der Waals surface area contributed by atoms with Gasteiger partial charge in [-0.1, -0.05) is 22.0 Å². The van der Waals surface area contributed by atoms with Gasteiger partial charge in [0.2, 0.25) is 10.0 Å². The molecule has 4 nitrogen and oxygen atoms in total. The van der Waals surface area contributed by atoms with Crippen LogP contribution in [0.15, 0.2) is 27.6 Å². The van der Waals surface area contributed by atoms with Crippen molar-refractivity contribution in [2.45, 2.75) is 24.8 Å². The van der Waals surface area contributed by atoms with Crippen LogP contribution in [0.4, 0.5) is 0 Å². The molecule has 1 aromatic rings. The minimum absolute atomic E-state index is 0.270. The summed E-state index contributed by atoms with van der Waals surface area (Å²) in [5, 5.41) is 0. The highest BCUT2D eigenvalue weighted by atomic mass is 79.9. The predicted molar refractivity (Wildman–Crippen MR) is 67.7 cm³/mol. The average molecular weight is 307 g/mol. The van der Waals surface area contributed by atoms with Gasteiger partial charge in [-0.05, 0) is 31.5 Å². The summed E-state index contributed by atoms with van der Waals surface area (Å²) >= 11 is 3.26. The summed E-state index contributed by atoms with van der Waals surface area (Å²) in [6, 6.07) is 4.87. The molecule has 0 unspecified atom stereocenters. The normalized spacial score (nSPS) is 13.8. The molecule has 1 aromatic carbocycles. The van der Waals surface area contributed by atoms with Crippen molar-refractivity contribution >= 4 is 26.0 Å². The highest BCUT2D eigenvalue weighted by molar-refractivity contribution is 9.10. The van der Waals surface area contributed by atoms with Crippen LogP contribution in [0.3, 0.4) is 0 Å². The summed E-state index contributed by atoms with van der Waals surface area (Å²) in [5.74, 6) is 0. The van der Waals surface area contributed by atoms with Crippen LogP contribution in [0.1, 0.15) is 12.5 Å². The molecular formula is C10H15BrN2O2S. The van der Waals surface area contributed by atoms with Gasteiger partial charge in [-0.25, -0.2) is 13.1 Å². The Balaban J connectivity index is 3.12. The first-order chi connectivity index (χ1) is 7.36. The number of hydrogen-bond donors (Lipinski definition) is 2. The quantitative estimate of drug-likeness (QED) is 0.883. The maximum Gasteiger partial charge on any atom is 0.241 e. The van der Waals surface area contributed by atoms with Crippen molar-refractivity contribution in [1.82, 2.24) is 4.72 Å². The van der Waals surface area contributed by atoms with Gasteiger partial charge in [0.05, 0.1) is 4.90 Å². The molecule has 0 saturated carbocycles. The molecule has 0 aliphatic rings. The minimum atomic E-state index is -3.48. The van der Waals surface area contributed by atoms with E-state index in [-0.39, 0.29) is 17.5 Å². The first-order valence-electron chi connectivity index (χ1n) is 4.85. The van der Waals surface area contributed by atoms with Crippen LogP contribution in [0.2, 0.25) is 0 Å². The zero-order chi connectivity index (χ0) is 12.3. The lowest BCUT2D eigenvalue weighted by Crippen LogP contribution is -2.38. The molecule has 6 heteroatoms. The number of rotatable bonds is 4. The van der Waals surface area contributed by atoms with Crippen LogP contribution in [0.5, 0.6) is 0 Å². The third-order valence-electron chi connectivity index (χ3n) is 2.15. The number of aryl methyl sites for hydroxylation is 1. The van der Waals surface area contributed by atoms with Crippen molar-refractivity contribution in [2.24, 2.45) is 5.73 Å². The van der Waals surface area contributed by atoms with Crippen molar-refractivity contribution in [3.05, 3.63) is 28.2 Å². The Bertz CT molecular complexity index is 474. The first-order valence-corrected chi connectivity index (χ1v) is 7.13. The molecule has 1 atom stereocenters. The molecule has 0 aliphatic heterocycles. The number of nitrogens with two attached hydrogens (primary N) is 1. The molecule has 1 rings (SSSR count). The van der Waals surface area contributed by atoms with E-state index in [1.165, 1.54) is 0 Å². The third kappa shape index (κ3) is 3.28. The van der Waals surface area contributed by atoms with Crippen LogP contribution in [-0.2, 0) is 10.0 Å². The molecule has 0 amide bonds. The van der Waals surface area contributed by atoms with Crippen LogP contribution >= 0.6 is 15.9 Å². The first kappa shape index (κ1) is 13.6. The van der Waals surface area contributed by atoms with Crippen LogP contribution in [0.25, 0.3) is 0 Å². The van der Waals surface area contributed by atoms with Gasteiger partial charge in [0.25, 0.3) is 0 Å². The SMILES string of the molecule is Cc1ccc(Br)cc1S(=O)(=O)N[C@H](C)CN. The Morgan fingerprint density at radius 2 is 2.12 bits per heavy atom. The average Bonchev–Trinajstić information content (AvgIpc) is 2.20. The molecule has 0 spiro atoms. The largest absolute Gasteiger partial charge is 0.329 e. The topological polar surface area (TPSA) is 72.2 Å². The molecule has 0 aromatic heterocycles. The zero-order valence-corrected chi connectivity index (χ0v) is 11.6. The number of benzene rings is 1. The van der Waals surface area contributed by atoms with Crippen molar-refractivity contribution < 1.29 is 8.42 Å². The fraction of sp³-hybridized carbons (Fsp3) is 0.400. The van der Waals surface area contributed by atoms with E-state index in [4.69, 9.17) is 5.73 Å². The molecule has 0 saturated heterocycles. The van der Waals surface area contributed by atoms with Crippen molar-refractivity contribution in [3.8, 4) is 0 Å². The van der Waals surface area contributed by atoms with E-state index in [0.717, 1.165) is 4.47 Å². The molecule has 0 bridgehead atoms. The summed E-state index contributed by atoms with van der Waals surface area (Å²) in [6.45, 7) is 3.76. The molecule has 0 aliphatic carbocycles. The van der Waals surface area contributed by atoms with Gasteiger partial charge in [-0.15, -0.1) is 0 Å². The van der Waals surface area contributed by atoms with Crippen molar-refractivity contribution in [1.29, 1.82) is 0 Å². The molecule has 0 heterocycles. The summed E-state index contributed by atoms with van der Waals surface area (Å²) < 4.78 is 27.2. The highest BCUT2D eigenvalue weighted by Gasteiger charge is 2.18. The standard InChI is InChI=1S/C10H15BrN2O2S/c1-7-3-4-9(11)5-10(7)16(14,15)13-8(2)6-12/h3-5,8,13H,6,12H2,1-2H3/t8-/m1/s1. The Hall–Kier alpha value is -0.430. The summed E-state index contributed by atoms with van der Waals surface area (Å²) in [6.07, 6.45) is 0. The fourth-order valence-electron chi connectivity index (χ4n) is 1.24. The maximum absolute atomic E-state index is 12.0. The lowest BCUT2D eigenvalue weighted by atomic mass is 10.2. The second-order valence-electron chi connectivity index (χ2n) is 3.67. The van der Waals surface area contributed by atoms with Gasteiger partial charge < -0.3 is 5.73 Å². The van der Waals surface area contributed by atoms with E-state index in [1.54, 1.807) is 32.0 Å². The van der Waals surface area contributed by atoms with Gasteiger partial charge in [-0.2, -0.15) is 0 Å². The van der Waals surface area contributed by atoms with Gasteiger partial charge in [0.15, 0.2) is 0 Å². The van der Waals surface area contributed by atoms with Crippen LogP contribution in [-0.4, -0.2) is 21.0 Å². The van der Waals surface area contributed by atoms with Crippen molar-refractivity contribution in [2.75, 3.05) is 6.54 Å². The Labute approximate surface area is 104 Å². The van der Waals surface area contributed by atoms with Crippen molar-refractivity contribution in [3.63, 3.8) is 0 Å². The second-order valence-corrected chi connectivity index (χ2v) is 6.27. The number of nitrogens with one attached hydrogen (secondary N) is 1. The number of hydrogen-bond acceptors (Lipinski definition) is 3. The third-order valence-corrected chi connectivity index (χ3v) is 4.37. The Morgan fingerprint density at radius 3 is 2.69 bits per heavy atom. The van der Waals surface area contributed by atoms with E-state index in [9.17, 15) is 8.42 Å². The molecule has 90 valence electrons. The van der Waals surface area contributed by atoms with Gasteiger partial charge in [0, 0.05) is 17.1 Å². The molecule has 0 radical (unpaired) electrons. The Morgan fingerprint density at radius 1 is 1.50 bits per heavy atom. The number of sulfonamides is 1. The smallest absolute Gasteiger partial charge is 0.241 e. The highest BCUT2D eigenvalue weighted by Crippen LogP contribution is 2.20. The summed E-state index contributed by atoms with van der Waals surface area (Å²) in [7, 11) is -3.48. The van der Waals surface area contributed by atoms with E-state index >= 15 is 0 Å². The maximum atomic E-state index is 12.0. The van der Waals surface area contributed by atoms with E-state index < -0.39 is 10.0 Å². The lowest BCUT2D eigenvalue weighted by Gasteiger charge is -2.13. The molecule has 16 heavy (non-hydrogen) atoms. The van der Waals surface area contributed by atoms with E-state index in [2.05, 4.69) is 20.7 Å². The fourth-order valence-corrected chi connectivity index (χ4v) is 3.28. The van der Waals surface area contributed by atoms with Gasteiger partial charge in [-0.3, -0.25) is 0 Å². The summed E-state index contributed by atoms with van der Waals surface area (Å²) in [4.78, 5) is 0.280. The Kier molecular flexibility index (Phi) is 4.49. The predicted octanol–water partition coefficient (Wildman–Crippen LogP) is 1.38. The molecule has 0 fully saturated rings. The van der Waals surface area contributed by atoms with Crippen LogP contribution < -0.4 is 10.5 Å². The van der Waals surface area contributed by atoms with E-state index in [1.807, 2.05) is 0 Å². The van der Waals surface area contributed by atoms with E-state index in [0.29, 0.717) is 5.56 Å². The van der Waals surface area contributed by atoms with Crippen LogP contribution in [0, 0.1) is 6.92 Å². The van der Waals surface area contributed by atoms with Gasteiger partial charge in [0.1, 0.15) is 0 Å². The summed E-state index contributed by atoms with van der Waals surface area (Å²) in [5.41, 5.74) is 6.10. The monoisotopic (exact) mass is 306 g/mol. The second kappa shape index (κ2) is 5.27.